The monoisotopic (exact) mass is 295 g/mol. The van der Waals surface area contributed by atoms with E-state index in [9.17, 15) is 5.11 Å². The second kappa shape index (κ2) is 5.41. The molecule has 0 amide bonds. The number of benzene rings is 2. The molecule has 22 heavy (non-hydrogen) atoms. The fourth-order valence-corrected chi connectivity index (χ4v) is 3.91. The van der Waals surface area contributed by atoms with Crippen molar-refractivity contribution in [1.29, 1.82) is 0 Å². The van der Waals surface area contributed by atoms with Gasteiger partial charge in [-0.05, 0) is 49.0 Å². The highest BCUT2D eigenvalue weighted by Gasteiger charge is 2.44. The van der Waals surface area contributed by atoms with Gasteiger partial charge in [-0.1, -0.05) is 42.5 Å². The van der Waals surface area contributed by atoms with Crippen molar-refractivity contribution in [3.63, 3.8) is 0 Å². The van der Waals surface area contributed by atoms with Crippen LogP contribution in [0.1, 0.15) is 29.5 Å². The molecule has 0 radical (unpaired) electrons. The Kier molecular flexibility index (Phi) is 3.40. The first-order valence-corrected chi connectivity index (χ1v) is 8.04. The lowest BCUT2D eigenvalue weighted by atomic mass is 9.71. The van der Waals surface area contributed by atoms with Gasteiger partial charge in [0.1, 0.15) is 18.0 Å². The Balaban J connectivity index is 1.94. The molecule has 0 bridgehead atoms. The number of aliphatic hydroxyl groups is 1. The minimum atomic E-state index is -0.966. The van der Waals surface area contributed by atoms with Gasteiger partial charge in [0.25, 0.3) is 0 Å². The van der Waals surface area contributed by atoms with E-state index in [0.29, 0.717) is 6.61 Å². The molecule has 1 fully saturated rings. The topological polar surface area (TPSA) is 41.5 Å². The van der Waals surface area contributed by atoms with Gasteiger partial charge in [-0.15, -0.1) is 0 Å². The Bertz CT molecular complexity index is 629. The molecule has 2 aliphatic heterocycles. The molecule has 3 heteroatoms. The predicted molar refractivity (Wildman–Crippen MR) is 85.8 cm³/mol. The summed E-state index contributed by atoms with van der Waals surface area (Å²) in [7, 11) is 0. The molecule has 2 heterocycles. The lowest BCUT2D eigenvalue weighted by molar-refractivity contribution is 0.00192. The third-order valence-electron chi connectivity index (χ3n) is 5.04. The van der Waals surface area contributed by atoms with Gasteiger partial charge in [0.2, 0.25) is 0 Å². The van der Waals surface area contributed by atoms with Gasteiger partial charge < -0.3 is 15.2 Å². The van der Waals surface area contributed by atoms with Crippen LogP contribution in [0.5, 0.6) is 5.75 Å². The third kappa shape index (κ3) is 2.04. The summed E-state index contributed by atoms with van der Waals surface area (Å²) in [5.74, 6) is 1.01. The van der Waals surface area contributed by atoms with Gasteiger partial charge in [-0.25, -0.2) is 0 Å². The van der Waals surface area contributed by atoms with E-state index in [1.54, 1.807) is 0 Å². The van der Waals surface area contributed by atoms with Crippen molar-refractivity contribution < 1.29 is 9.84 Å². The molecule has 0 aliphatic carbocycles. The number of rotatable bonds is 1. The van der Waals surface area contributed by atoms with Crippen LogP contribution in [0.2, 0.25) is 0 Å². The standard InChI is InChI=1S/C19H21NO2/c21-19(15-9-11-20-12-10-15)16-6-2-1-5-14(16)13-22-18-8-4-3-7-17(18)19/h1-8,15,20-21H,9-13H2. The molecule has 3 nitrogen and oxygen atoms in total. The molecule has 2 aromatic rings. The van der Waals surface area contributed by atoms with Crippen molar-refractivity contribution in [2.45, 2.75) is 25.0 Å². The number of para-hydroxylation sites is 1. The van der Waals surface area contributed by atoms with E-state index in [1.807, 2.05) is 36.4 Å². The van der Waals surface area contributed by atoms with Crippen molar-refractivity contribution in [1.82, 2.24) is 5.32 Å². The summed E-state index contributed by atoms with van der Waals surface area (Å²) in [5.41, 5.74) is 2.03. The van der Waals surface area contributed by atoms with E-state index in [4.69, 9.17) is 4.74 Å². The van der Waals surface area contributed by atoms with E-state index in [2.05, 4.69) is 17.4 Å². The Hall–Kier alpha value is -1.84. The van der Waals surface area contributed by atoms with E-state index < -0.39 is 5.60 Å². The molecule has 1 saturated heterocycles. The number of ether oxygens (including phenoxy) is 1. The van der Waals surface area contributed by atoms with Crippen LogP contribution in [0, 0.1) is 5.92 Å². The van der Waals surface area contributed by atoms with Crippen LogP contribution in [0.4, 0.5) is 0 Å². The SMILES string of the molecule is OC1(C2CCNCC2)c2ccccc2COc2ccccc21. The minimum Gasteiger partial charge on any atom is -0.488 e. The fourth-order valence-electron chi connectivity index (χ4n) is 3.91. The number of fused-ring (bicyclic) bond motifs is 2. The van der Waals surface area contributed by atoms with Gasteiger partial charge in [0, 0.05) is 5.56 Å². The second-order valence-corrected chi connectivity index (χ2v) is 6.23. The molecule has 2 N–H and O–H groups in total. The maximum Gasteiger partial charge on any atom is 0.126 e. The first kappa shape index (κ1) is 13.8. The Morgan fingerprint density at radius 1 is 0.955 bits per heavy atom. The van der Waals surface area contributed by atoms with Crippen LogP contribution < -0.4 is 10.1 Å². The van der Waals surface area contributed by atoms with Crippen LogP contribution in [-0.2, 0) is 12.2 Å². The molecule has 0 spiro atoms. The smallest absolute Gasteiger partial charge is 0.126 e. The molecule has 1 unspecified atom stereocenters. The molecule has 0 saturated carbocycles. The Morgan fingerprint density at radius 3 is 2.45 bits per heavy atom. The highest BCUT2D eigenvalue weighted by Crippen LogP contribution is 2.47. The van der Waals surface area contributed by atoms with Crippen molar-refractivity contribution >= 4 is 0 Å². The first-order valence-electron chi connectivity index (χ1n) is 8.04. The Morgan fingerprint density at radius 2 is 1.64 bits per heavy atom. The predicted octanol–water partition coefficient (Wildman–Crippen LogP) is 2.81. The zero-order valence-electron chi connectivity index (χ0n) is 12.6. The molecule has 2 aliphatic rings. The first-order chi connectivity index (χ1) is 10.8. The fraction of sp³-hybridized carbons (Fsp3) is 0.368. The summed E-state index contributed by atoms with van der Waals surface area (Å²) >= 11 is 0. The van der Waals surface area contributed by atoms with Crippen LogP contribution in [0.15, 0.2) is 48.5 Å². The maximum atomic E-state index is 11.9. The van der Waals surface area contributed by atoms with Crippen molar-refractivity contribution in [3.05, 3.63) is 65.2 Å². The normalized spacial score (nSPS) is 24.8. The maximum absolute atomic E-state index is 11.9. The average molecular weight is 295 g/mol. The van der Waals surface area contributed by atoms with Crippen LogP contribution in [0.25, 0.3) is 0 Å². The quantitative estimate of drug-likeness (QED) is 0.850. The highest BCUT2D eigenvalue weighted by atomic mass is 16.5. The van der Waals surface area contributed by atoms with Gasteiger partial charge in [-0.2, -0.15) is 0 Å². The van der Waals surface area contributed by atoms with E-state index in [0.717, 1.165) is 48.4 Å². The number of piperidine rings is 1. The van der Waals surface area contributed by atoms with Gasteiger partial charge in [0.05, 0.1) is 0 Å². The van der Waals surface area contributed by atoms with Gasteiger partial charge in [-0.3, -0.25) is 0 Å². The summed E-state index contributed by atoms with van der Waals surface area (Å²) in [5, 5.41) is 15.3. The van der Waals surface area contributed by atoms with Gasteiger partial charge >= 0.3 is 0 Å². The van der Waals surface area contributed by atoms with E-state index in [1.165, 1.54) is 0 Å². The van der Waals surface area contributed by atoms with Crippen molar-refractivity contribution in [2.24, 2.45) is 5.92 Å². The molecule has 114 valence electrons. The summed E-state index contributed by atoms with van der Waals surface area (Å²) < 4.78 is 5.99. The minimum absolute atomic E-state index is 0.206. The molecule has 1 atom stereocenters. The van der Waals surface area contributed by atoms with Crippen LogP contribution in [-0.4, -0.2) is 18.2 Å². The second-order valence-electron chi connectivity index (χ2n) is 6.23. The summed E-state index contributed by atoms with van der Waals surface area (Å²) in [6.45, 7) is 2.43. The third-order valence-corrected chi connectivity index (χ3v) is 5.04. The zero-order valence-corrected chi connectivity index (χ0v) is 12.6. The number of hydrogen-bond acceptors (Lipinski definition) is 3. The lowest BCUT2D eigenvalue weighted by Gasteiger charge is -2.39. The zero-order chi connectivity index (χ0) is 15.0. The lowest BCUT2D eigenvalue weighted by Crippen LogP contribution is -2.42. The van der Waals surface area contributed by atoms with Crippen molar-refractivity contribution in [3.8, 4) is 5.75 Å². The molecular weight excluding hydrogens is 274 g/mol. The molecular formula is C19H21NO2. The largest absolute Gasteiger partial charge is 0.488 e. The van der Waals surface area contributed by atoms with Crippen LogP contribution in [0.3, 0.4) is 0 Å². The summed E-state index contributed by atoms with van der Waals surface area (Å²) in [6.07, 6.45) is 1.94. The van der Waals surface area contributed by atoms with Crippen molar-refractivity contribution in [2.75, 3.05) is 13.1 Å². The highest BCUT2D eigenvalue weighted by molar-refractivity contribution is 5.50. The number of hydrogen-bond donors (Lipinski definition) is 2. The Labute approximate surface area is 130 Å². The average Bonchev–Trinajstić information content (AvgIpc) is 2.73. The molecule has 4 rings (SSSR count). The van der Waals surface area contributed by atoms with E-state index >= 15 is 0 Å². The van der Waals surface area contributed by atoms with E-state index in [-0.39, 0.29) is 5.92 Å². The summed E-state index contributed by atoms with van der Waals surface area (Å²) in [6, 6.07) is 16.1. The number of nitrogens with one attached hydrogen (secondary N) is 1. The molecule has 2 aromatic carbocycles. The summed E-state index contributed by atoms with van der Waals surface area (Å²) in [4.78, 5) is 0. The van der Waals surface area contributed by atoms with Crippen LogP contribution >= 0.6 is 0 Å². The molecule has 0 aromatic heterocycles. The van der Waals surface area contributed by atoms with Gasteiger partial charge in [0.15, 0.2) is 0 Å².